The summed E-state index contributed by atoms with van der Waals surface area (Å²) in [7, 11) is 1.75. The van der Waals surface area contributed by atoms with Crippen molar-refractivity contribution in [1.82, 2.24) is 4.90 Å². The van der Waals surface area contributed by atoms with Gasteiger partial charge in [0.05, 0.1) is 12.7 Å². The zero-order valence-electron chi connectivity index (χ0n) is 12.2. The van der Waals surface area contributed by atoms with Crippen molar-refractivity contribution in [1.29, 1.82) is 5.26 Å². The highest BCUT2D eigenvalue weighted by atomic mass is 16.5. The fraction of sp³-hybridized carbons (Fsp3) is 0.857. The Morgan fingerprint density at radius 2 is 1.83 bits per heavy atom. The van der Waals surface area contributed by atoms with Gasteiger partial charge in [0.25, 0.3) is 0 Å². The standard InChI is InChI=1S/C14H26N2O2/c1-5-8-14(12-15,9-6-2)13(17)16(4)10-11-18-7-3/h5-11H2,1-4H3. The van der Waals surface area contributed by atoms with Crippen molar-refractivity contribution in [3.05, 3.63) is 0 Å². The minimum Gasteiger partial charge on any atom is -0.380 e. The number of nitriles is 1. The molecule has 0 saturated carbocycles. The molecule has 0 fully saturated rings. The molecular formula is C14H26N2O2. The van der Waals surface area contributed by atoms with Gasteiger partial charge in [-0.15, -0.1) is 0 Å². The summed E-state index contributed by atoms with van der Waals surface area (Å²) in [4.78, 5) is 14.0. The number of ether oxygens (including phenoxy) is 1. The van der Waals surface area contributed by atoms with Gasteiger partial charge in [-0.25, -0.2) is 0 Å². The maximum Gasteiger partial charge on any atom is 0.242 e. The van der Waals surface area contributed by atoms with Gasteiger partial charge < -0.3 is 9.64 Å². The lowest BCUT2D eigenvalue weighted by molar-refractivity contribution is -0.139. The fourth-order valence-corrected chi connectivity index (χ4v) is 2.16. The number of hydrogen-bond acceptors (Lipinski definition) is 3. The van der Waals surface area contributed by atoms with Crippen LogP contribution in [0.25, 0.3) is 0 Å². The molecule has 0 spiro atoms. The maximum absolute atomic E-state index is 12.4. The SMILES string of the molecule is CCCC(C#N)(CCC)C(=O)N(C)CCOCC. The molecule has 1 amide bonds. The first-order valence-electron chi connectivity index (χ1n) is 6.82. The Morgan fingerprint density at radius 1 is 1.28 bits per heavy atom. The first kappa shape index (κ1) is 16.9. The van der Waals surface area contributed by atoms with Crippen LogP contribution in [0.15, 0.2) is 0 Å². The lowest BCUT2D eigenvalue weighted by Crippen LogP contribution is -2.42. The highest BCUT2D eigenvalue weighted by molar-refractivity contribution is 5.85. The van der Waals surface area contributed by atoms with Crippen LogP contribution in [0.5, 0.6) is 0 Å². The van der Waals surface area contributed by atoms with E-state index < -0.39 is 5.41 Å². The predicted molar refractivity (Wildman–Crippen MR) is 72.0 cm³/mol. The van der Waals surface area contributed by atoms with E-state index in [1.165, 1.54) is 0 Å². The molecule has 0 bridgehead atoms. The van der Waals surface area contributed by atoms with E-state index in [4.69, 9.17) is 4.74 Å². The van der Waals surface area contributed by atoms with Crippen molar-refractivity contribution in [2.75, 3.05) is 26.8 Å². The minimum atomic E-state index is -0.843. The topological polar surface area (TPSA) is 53.3 Å². The van der Waals surface area contributed by atoms with Crippen molar-refractivity contribution < 1.29 is 9.53 Å². The predicted octanol–water partition coefficient (Wildman–Crippen LogP) is 2.59. The van der Waals surface area contributed by atoms with Crippen LogP contribution in [0.3, 0.4) is 0 Å². The molecule has 0 N–H and O–H groups in total. The Morgan fingerprint density at radius 3 is 2.22 bits per heavy atom. The van der Waals surface area contributed by atoms with Crippen LogP contribution in [0, 0.1) is 16.7 Å². The summed E-state index contributed by atoms with van der Waals surface area (Å²) in [5.41, 5.74) is -0.843. The third-order valence-corrected chi connectivity index (χ3v) is 3.10. The smallest absolute Gasteiger partial charge is 0.242 e. The van der Waals surface area contributed by atoms with Crippen molar-refractivity contribution in [3.63, 3.8) is 0 Å². The van der Waals surface area contributed by atoms with Crippen LogP contribution in [-0.2, 0) is 9.53 Å². The lowest BCUT2D eigenvalue weighted by Gasteiger charge is -2.29. The molecule has 0 heterocycles. The zero-order valence-corrected chi connectivity index (χ0v) is 12.2. The van der Waals surface area contributed by atoms with E-state index in [-0.39, 0.29) is 5.91 Å². The molecular weight excluding hydrogens is 228 g/mol. The summed E-state index contributed by atoms with van der Waals surface area (Å²) in [5.74, 6) is -0.0617. The normalized spacial score (nSPS) is 11.1. The van der Waals surface area contributed by atoms with E-state index in [2.05, 4.69) is 6.07 Å². The van der Waals surface area contributed by atoms with Crippen LogP contribution in [0.2, 0.25) is 0 Å². The van der Waals surface area contributed by atoms with E-state index in [1.54, 1.807) is 11.9 Å². The molecule has 0 aliphatic rings. The molecule has 0 atom stereocenters. The third kappa shape index (κ3) is 4.66. The van der Waals surface area contributed by atoms with Crippen LogP contribution in [0.4, 0.5) is 0 Å². The monoisotopic (exact) mass is 254 g/mol. The van der Waals surface area contributed by atoms with Gasteiger partial charge in [-0.1, -0.05) is 26.7 Å². The molecule has 0 aliphatic carbocycles. The first-order chi connectivity index (χ1) is 8.57. The highest BCUT2D eigenvalue weighted by Crippen LogP contribution is 2.31. The Hall–Kier alpha value is -1.08. The number of likely N-dealkylation sites (N-methyl/N-ethyl adjacent to an activating group) is 1. The van der Waals surface area contributed by atoms with E-state index in [0.717, 1.165) is 12.8 Å². The molecule has 4 heteroatoms. The van der Waals surface area contributed by atoms with Gasteiger partial charge >= 0.3 is 0 Å². The van der Waals surface area contributed by atoms with Crippen molar-refractivity contribution >= 4 is 5.91 Å². The summed E-state index contributed by atoms with van der Waals surface area (Å²) in [6.07, 6.45) is 2.96. The minimum absolute atomic E-state index is 0.0617. The number of carbonyl (C=O) groups excluding carboxylic acids is 1. The van der Waals surface area contributed by atoms with Gasteiger partial charge in [0.15, 0.2) is 0 Å². The molecule has 18 heavy (non-hydrogen) atoms. The van der Waals surface area contributed by atoms with Gasteiger partial charge in [-0.05, 0) is 19.8 Å². The average molecular weight is 254 g/mol. The second kappa shape index (κ2) is 8.93. The lowest BCUT2D eigenvalue weighted by atomic mass is 9.79. The highest BCUT2D eigenvalue weighted by Gasteiger charge is 2.38. The molecule has 0 aromatic rings. The van der Waals surface area contributed by atoms with E-state index in [0.29, 0.717) is 32.6 Å². The van der Waals surface area contributed by atoms with Crippen LogP contribution in [-0.4, -0.2) is 37.6 Å². The number of nitrogens with zero attached hydrogens (tertiary/aromatic N) is 2. The molecule has 0 aromatic carbocycles. The van der Waals surface area contributed by atoms with Crippen LogP contribution >= 0.6 is 0 Å². The zero-order chi connectivity index (χ0) is 14.0. The number of rotatable bonds is 9. The molecule has 0 rings (SSSR count). The number of hydrogen-bond donors (Lipinski definition) is 0. The number of amides is 1. The third-order valence-electron chi connectivity index (χ3n) is 3.10. The summed E-state index contributed by atoms with van der Waals surface area (Å²) >= 11 is 0. The van der Waals surface area contributed by atoms with Crippen LogP contribution in [0.1, 0.15) is 46.5 Å². The molecule has 0 radical (unpaired) electrons. The number of carbonyl (C=O) groups is 1. The Kier molecular flexibility index (Phi) is 8.40. The Labute approximate surface area is 111 Å². The second-order valence-corrected chi connectivity index (χ2v) is 4.62. The maximum atomic E-state index is 12.4. The molecule has 0 saturated heterocycles. The van der Waals surface area contributed by atoms with Crippen molar-refractivity contribution in [2.45, 2.75) is 46.5 Å². The summed E-state index contributed by atoms with van der Waals surface area (Å²) in [6.45, 7) is 7.66. The van der Waals surface area contributed by atoms with Crippen LogP contribution < -0.4 is 0 Å². The van der Waals surface area contributed by atoms with Gasteiger partial charge in [0, 0.05) is 20.2 Å². The van der Waals surface area contributed by atoms with Crippen molar-refractivity contribution in [2.24, 2.45) is 5.41 Å². The summed E-state index contributed by atoms with van der Waals surface area (Å²) in [6, 6.07) is 2.26. The molecule has 0 aromatic heterocycles. The second-order valence-electron chi connectivity index (χ2n) is 4.62. The molecule has 0 unspecified atom stereocenters. The molecule has 0 aliphatic heterocycles. The van der Waals surface area contributed by atoms with E-state index in [9.17, 15) is 10.1 Å². The average Bonchev–Trinajstić information content (AvgIpc) is 2.37. The summed E-state index contributed by atoms with van der Waals surface area (Å²) < 4.78 is 5.24. The largest absolute Gasteiger partial charge is 0.380 e. The van der Waals surface area contributed by atoms with Crippen molar-refractivity contribution in [3.8, 4) is 6.07 Å². The molecule has 104 valence electrons. The molecule has 4 nitrogen and oxygen atoms in total. The van der Waals surface area contributed by atoms with Gasteiger partial charge in [0.2, 0.25) is 5.91 Å². The fourth-order valence-electron chi connectivity index (χ4n) is 2.16. The van der Waals surface area contributed by atoms with E-state index >= 15 is 0 Å². The quantitative estimate of drug-likeness (QED) is 0.594. The van der Waals surface area contributed by atoms with Gasteiger partial charge in [0.1, 0.15) is 5.41 Å². The van der Waals surface area contributed by atoms with Gasteiger partial charge in [-0.2, -0.15) is 5.26 Å². The Bertz CT molecular complexity index is 278. The Balaban J connectivity index is 4.68. The first-order valence-corrected chi connectivity index (χ1v) is 6.82. The van der Waals surface area contributed by atoms with Gasteiger partial charge in [-0.3, -0.25) is 4.79 Å². The van der Waals surface area contributed by atoms with E-state index in [1.807, 2.05) is 20.8 Å². The summed E-state index contributed by atoms with van der Waals surface area (Å²) in [5, 5.41) is 9.40.